The van der Waals surface area contributed by atoms with E-state index in [0.717, 1.165) is 42.6 Å². The van der Waals surface area contributed by atoms with Crippen molar-refractivity contribution in [2.45, 2.75) is 39.2 Å². The number of hydrogen-bond donors (Lipinski definition) is 2. The number of nitrogens with zero attached hydrogens (tertiary/aromatic N) is 1. The van der Waals surface area contributed by atoms with Crippen molar-refractivity contribution >= 4 is 28.2 Å². The number of rotatable bonds is 8. The number of carbonyl (C=O) groups is 2. The monoisotopic (exact) mass is 401 g/mol. The van der Waals surface area contributed by atoms with E-state index in [4.69, 9.17) is 10.5 Å². The van der Waals surface area contributed by atoms with E-state index in [2.05, 4.69) is 5.32 Å². The van der Waals surface area contributed by atoms with E-state index < -0.39 is 5.91 Å². The van der Waals surface area contributed by atoms with Crippen LogP contribution >= 0.6 is 11.3 Å². The van der Waals surface area contributed by atoms with Gasteiger partial charge in [-0.3, -0.25) is 14.5 Å². The largest absolute Gasteiger partial charge is 0.494 e. The number of likely N-dealkylation sites (N-methyl/N-ethyl adjacent to an activating group) is 1. The number of amides is 2. The van der Waals surface area contributed by atoms with E-state index in [0.29, 0.717) is 23.7 Å². The van der Waals surface area contributed by atoms with Crippen molar-refractivity contribution in [3.8, 4) is 5.75 Å². The number of primary amides is 1. The molecule has 2 aromatic rings. The van der Waals surface area contributed by atoms with Gasteiger partial charge in [0.2, 0.25) is 5.91 Å². The van der Waals surface area contributed by atoms with E-state index in [1.54, 1.807) is 0 Å². The highest BCUT2D eigenvalue weighted by Gasteiger charge is 2.25. The molecule has 0 saturated carbocycles. The molecule has 0 saturated heterocycles. The fraction of sp³-hybridized carbons (Fsp3) is 0.429. The molecule has 1 aromatic heterocycles. The topological polar surface area (TPSA) is 84.7 Å². The minimum Gasteiger partial charge on any atom is -0.494 e. The number of carbonyl (C=O) groups excluding carboxylic acids is 2. The van der Waals surface area contributed by atoms with Crippen molar-refractivity contribution in [2.75, 3.05) is 25.5 Å². The molecule has 2 amide bonds. The molecule has 3 N–H and O–H groups in total. The summed E-state index contributed by atoms with van der Waals surface area (Å²) in [6, 6.07) is 7.86. The van der Waals surface area contributed by atoms with E-state index in [9.17, 15) is 9.59 Å². The second-order valence-corrected chi connectivity index (χ2v) is 8.18. The van der Waals surface area contributed by atoms with Crippen molar-refractivity contribution < 1.29 is 14.3 Å². The van der Waals surface area contributed by atoms with Crippen LogP contribution in [0.4, 0.5) is 5.00 Å². The van der Waals surface area contributed by atoms with Crippen LogP contribution in [-0.2, 0) is 24.2 Å². The Morgan fingerprint density at radius 2 is 1.93 bits per heavy atom. The Labute approximate surface area is 169 Å². The molecule has 0 radical (unpaired) electrons. The quantitative estimate of drug-likeness (QED) is 0.711. The van der Waals surface area contributed by atoms with Crippen LogP contribution in [0, 0.1) is 0 Å². The van der Waals surface area contributed by atoms with E-state index in [1.807, 2.05) is 43.1 Å². The van der Waals surface area contributed by atoms with E-state index in [1.165, 1.54) is 16.2 Å². The van der Waals surface area contributed by atoms with Crippen LogP contribution in [0.3, 0.4) is 0 Å². The Balaban J connectivity index is 1.60. The molecule has 0 spiro atoms. The maximum Gasteiger partial charge on any atom is 0.251 e. The van der Waals surface area contributed by atoms with Gasteiger partial charge >= 0.3 is 0 Å². The summed E-state index contributed by atoms with van der Waals surface area (Å²) >= 11 is 1.49. The number of thiophene rings is 1. The molecule has 0 atom stereocenters. The molecule has 1 heterocycles. The Morgan fingerprint density at radius 3 is 2.61 bits per heavy atom. The first kappa shape index (κ1) is 20.4. The molecule has 6 nitrogen and oxygen atoms in total. The zero-order valence-electron chi connectivity index (χ0n) is 16.4. The summed E-state index contributed by atoms with van der Waals surface area (Å²) in [6.07, 6.45) is 3.98. The lowest BCUT2D eigenvalue weighted by molar-refractivity contribution is -0.117. The summed E-state index contributed by atoms with van der Waals surface area (Å²) in [6.45, 7) is 3.46. The normalized spacial score (nSPS) is 13.2. The third-order valence-electron chi connectivity index (χ3n) is 4.77. The van der Waals surface area contributed by atoms with E-state index in [-0.39, 0.29) is 12.5 Å². The number of ether oxygens (including phenoxy) is 1. The molecule has 3 rings (SSSR count). The maximum atomic E-state index is 12.5. The van der Waals surface area contributed by atoms with Crippen LogP contribution in [-0.4, -0.2) is 36.9 Å². The third-order valence-corrected chi connectivity index (χ3v) is 5.98. The lowest BCUT2D eigenvalue weighted by Gasteiger charge is -2.16. The van der Waals surface area contributed by atoms with Gasteiger partial charge in [-0.15, -0.1) is 11.3 Å². The van der Waals surface area contributed by atoms with Gasteiger partial charge < -0.3 is 15.8 Å². The summed E-state index contributed by atoms with van der Waals surface area (Å²) in [7, 11) is 1.89. The molecule has 28 heavy (non-hydrogen) atoms. The number of aryl methyl sites for hydroxylation is 1. The number of nitrogens with one attached hydrogen (secondary N) is 1. The standard InChI is InChI=1S/C21H27N3O3S/c1-3-27-15-10-8-14(9-11-15)12-24(2)13-18(25)23-21-19(20(22)26)16-6-4-5-7-17(16)28-21/h8-11H,3-7,12-13H2,1-2H3,(H2,22,26)(H,23,25). The second-order valence-electron chi connectivity index (χ2n) is 7.08. The Bertz CT molecular complexity index is 845. The van der Waals surface area contributed by atoms with Gasteiger partial charge in [-0.1, -0.05) is 12.1 Å². The highest BCUT2D eigenvalue weighted by Crippen LogP contribution is 2.37. The Kier molecular flexibility index (Phi) is 6.70. The molecule has 1 aliphatic carbocycles. The molecule has 150 valence electrons. The van der Waals surface area contributed by atoms with Gasteiger partial charge in [0.1, 0.15) is 10.8 Å². The average Bonchev–Trinajstić information content (AvgIpc) is 3.01. The van der Waals surface area contributed by atoms with Crippen molar-refractivity contribution in [1.82, 2.24) is 4.90 Å². The van der Waals surface area contributed by atoms with Gasteiger partial charge in [0, 0.05) is 11.4 Å². The SMILES string of the molecule is CCOc1ccc(CN(C)CC(=O)Nc2sc3c(c2C(N)=O)CCCC3)cc1. The molecule has 0 bridgehead atoms. The van der Waals surface area contributed by atoms with Crippen molar-refractivity contribution in [1.29, 1.82) is 0 Å². The predicted molar refractivity (Wildman–Crippen MR) is 112 cm³/mol. The molecular weight excluding hydrogens is 374 g/mol. The maximum absolute atomic E-state index is 12.5. The van der Waals surface area contributed by atoms with Crippen molar-refractivity contribution in [2.24, 2.45) is 5.73 Å². The smallest absolute Gasteiger partial charge is 0.251 e. The lowest BCUT2D eigenvalue weighted by atomic mass is 9.95. The zero-order valence-corrected chi connectivity index (χ0v) is 17.2. The first-order valence-corrected chi connectivity index (χ1v) is 10.4. The number of nitrogens with two attached hydrogens (primary N) is 1. The van der Waals surface area contributed by atoms with Crippen LogP contribution in [0.1, 0.15) is 46.1 Å². The molecule has 7 heteroatoms. The fourth-order valence-corrected chi connectivity index (χ4v) is 4.86. The van der Waals surface area contributed by atoms with Crippen LogP contribution in [0.15, 0.2) is 24.3 Å². The average molecular weight is 402 g/mol. The van der Waals surface area contributed by atoms with Gasteiger partial charge in [0.25, 0.3) is 5.91 Å². The highest BCUT2D eigenvalue weighted by molar-refractivity contribution is 7.17. The van der Waals surface area contributed by atoms with Crippen LogP contribution in [0.5, 0.6) is 5.75 Å². The molecule has 0 fully saturated rings. The summed E-state index contributed by atoms with van der Waals surface area (Å²) < 4.78 is 5.45. The molecule has 1 aromatic carbocycles. The lowest BCUT2D eigenvalue weighted by Crippen LogP contribution is -2.30. The first-order valence-electron chi connectivity index (χ1n) is 9.62. The zero-order chi connectivity index (χ0) is 20.1. The number of fused-ring (bicyclic) bond motifs is 1. The Morgan fingerprint density at radius 1 is 1.21 bits per heavy atom. The second kappa shape index (κ2) is 9.21. The summed E-state index contributed by atoms with van der Waals surface area (Å²) in [5.41, 5.74) is 8.22. The van der Waals surface area contributed by atoms with Crippen LogP contribution < -0.4 is 15.8 Å². The predicted octanol–water partition coefficient (Wildman–Crippen LogP) is 3.20. The van der Waals surface area contributed by atoms with Gasteiger partial charge in [-0.05, 0) is 62.9 Å². The summed E-state index contributed by atoms with van der Waals surface area (Å²) in [5, 5.41) is 3.50. The third kappa shape index (κ3) is 4.91. The molecule has 0 aliphatic heterocycles. The van der Waals surface area contributed by atoms with Gasteiger partial charge in [0.15, 0.2) is 0 Å². The van der Waals surface area contributed by atoms with Crippen molar-refractivity contribution in [3.63, 3.8) is 0 Å². The summed E-state index contributed by atoms with van der Waals surface area (Å²) in [4.78, 5) is 27.6. The van der Waals surface area contributed by atoms with E-state index >= 15 is 0 Å². The highest BCUT2D eigenvalue weighted by atomic mass is 32.1. The van der Waals surface area contributed by atoms with Crippen LogP contribution in [0.25, 0.3) is 0 Å². The van der Waals surface area contributed by atoms with Crippen molar-refractivity contribution in [3.05, 3.63) is 45.8 Å². The minimum atomic E-state index is -0.461. The van der Waals surface area contributed by atoms with Gasteiger partial charge in [0.05, 0.1) is 18.7 Å². The fourth-order valence-electron chi connectivity index (χ4n) is 3.55. The summed E-state index contributed by atoms with van der Waals surface area (Å²) in [5.74, 6) is 0.235. The molecule has 1 aliphatic rings. The van der Waals surface area contributed by atoms with Gasteiger partial charge in [-0.25, -0.2) is 0 Å². The first-order chi connectivity index (χ1) is 13.5. The number of benzene rings is 1. The van der Waals surface area contributed by atoms with Gasteiger partial charge in [-0.2, -0.15) is 0 Å². The number of hydrogen-bond acceptors (Lipinski definition) is 5. The molecular formula is C21H27N3O3S. The minimum absolute atomic E-state index is 0.144. The molecule has 0 unspecified atom stereocenters. The van der Waals surface area contributed by atoms with Crippen LogP contribution in [0.2, 0.25) is 0 Å². The Hall–Kier alpha value is -2.38. The number of anilines is 1.